The third-order valence-corrected chi connectivity index (χ3v) is 2.30. The largest absolute Gasteiger partial charge is 0.399 e. The third kappa shape index (κ3) is 2.20. The van der Waals surface area contributed by atoms with E-state index in [2.05, 4.69) is 22.6 Å². The maximum Gasteiger partial charge on any atom is 0.127 e. The maximum atomic E-state index is 10.5. The van der Waals surface area contributed by atoms with Gasteiger partial charge in [-0.15, -0.1) is 0 Å². The fraction of sp³-hybridized carbons (Fsp3) is 0.222. The van der Waals surface area contributed by atoms with Crippen LogP contribution in [0.1, 0.15) is 18.4 Å². The first kappa shape index (κ1) is 9.51. The summed E-state index contributed by atoms with van der Waals surface area (Å²) in [6, 6.07) is 5.68. The number of hydrogen-bond donors (Lipinski definition) is 1. The van der Waals surface area contributed by atoms with Gasteiger partial charge in [-0.25, -0.2) is 0 Å². The van der Waals surface area contributed by atoms with Crippen molar-refractivity contribution in [2.24, 2.45) is 0 Å². The van der Waals surface area contributed by atoms with Gasteiger partial charge in [0.15, 0.2) is 0 Å². The van der Waals surface area contributed by atoms with Crippen LogP contribution in [0.5, 0.6) is 0 Å². The molecule has 1 aromatic rings. The molecule has 0 aliphatic carbocycles. The molecule has 0 heterocycles. The van der Waals surface area contributed by atoms with Crippen molar-refractivity contribution in [2.45, 2.75) is 12.8 Å². The molecule has 0 aliphatic rings. The molecule has 0 bridgehead atoms. The second kappa shape index (κ2) is 3.89. The number of nitrogen functional groups attached to an aromatic ring is 1. The van der Waals surface area contributed by atoms with Crippen LogP contribution in [0, 0.1) is 3.57 Å². The first-order valence-corrected chi connectivity index (χ1v) is 4.72. The van der Waals surface area contributed by atoms with Crippen molar-refractivity contribution < 1.29 is 4.79 Å². The molecular weight excluding hydrogens is 265 g/mol. The summed E-state index contributed by atoms with van der Waals surface area (Å²) in [7, 11) is 0. The molecule has 0 spiro atoms. The number of carbonyl (C=O) groups excluding carboxylic acids is 1. The molecule has 0 saturated carbocycles. The van der Waals surface area contributed by atoms with Crippen molar-refractivity contribution in [2.75, 3.05) is 5.73 Å². The molecule has 2 N–H and O–H groups in total. The molecule has 0 aliphatic heterocycles. The number of aldehydes is 1. The highest BCUT2D eigenvalue weighted by atomic mass is 127. The van der Waals surface area contributed by atoms with Gasteiger partial charge in [0.05, 0.1) is 0 Å². The fourth-order valence-corrected chi connectivity index (χ4v) is 1.70. The molecule has 0 aromatic heterocycles. The Morgan fingerprint density at radius 2 is 2.17 bits per heavy atom. The molecule has 64 valence electrons. The summed E-state index contributed by atoms with van der Waals surface area (Å²) in [4.78, 5) is 10.5. The van der Waals surface area contributed by atoms with Gasteiger partial charge in [-0.1, -0.05) is 6.92 Å². The molecule has 1 rings (SSSR count). The van der Waals surface area contributed by atoms with Crippen LogP contribution in [0.25, 0.3) is 0 Å². The topological polar surface area (TPSA) is 43.1 Å². The van der Waals surface area contributed by atoms with Gasteiger partial charge in [0.25, 0.3) is 0 Å². The molecule has 1 unspecified atom stereocenters. The van der Waals surface area contributed by atoms with Gasteiger partial charge in [0.1, 0.15) is 6.29 Å². The van der Waals surface area contributed by atoms with E-state index in [1.165, 1.54) is 0 Å². The van der Waals surface area contributed by atoms with Crippen LogP contribution in [0.3, 0.4) is 0 Å². The molecule has 1 atom stereocenters. The van der Waals surface area contributed by atoms with E-state index >= 15 is 0 Å². The monoisotopic (exact) mass is 275 g/mol. The second-order valence-electron chi connectivity index (χ2n) is 2.74. The van der Waals surface area contributed by atoms with Crippen LogP contribution < -0.4 is 5.73 Å². The number of rotatable bonds is 2. The number of carbonyl (C=O) groups is 1. The van der Waals surface area contributed by atoms with E-state index in [1.807, 2.05) is 25.1 Å². The SMILES string of the molecule is CC(C=O)c1cc(N)cc(I)c1. The summed E-state index contributed by atoms with van der Waals surface area (Å²) in [5.74, 6) is -0.0676. The van der Waals surface area contributed by atoms with Crippen LogP contribution in [0.15, 0.2) is 18.2 Å². The Balaban J connectivity index is 3.08. The Hall–Kier alpha value is -0.580. The highest BCUT2D eigenvalue weighted by Crippen LogP contribution is 2.19. The van der Waals surface area contributed by atoms with Gasteiger partial charge < -0.3 is 10.5 Å². The van der Waals surface area contributed by atoms with Crippen molar-refractivity contribution >= 4 is 34.6 Å². The summed E-state index contributed by atoms with van der Waals surface area (Å²) in [6.07, 6.45) is 0.921. The predicted molar refractivity (Wildman–Crippen MR) is 58.1 cm³/mol. The highest BCUT2D eigenvalue weighted by molar-refractivity contribution is 14.1. The first-order chi connectivity index (χ1) is 5.63. The van der Waals surface area contributed by atoms with Gasteiger partial charge in [0, 0.05) is 15.2 Å². The molecule has 0 saturated heterocycles. The zero-order chi connectivity index (χ0) is 9.14. The van der Waals surface area contributed by atoms with E-state index in [-0.39, 0.29) is 5.92 Å². The number of halogens is 1. The van der Waals surface area contributed by atoms with Gasteiger partial charge in [-0.05, 0) is 46.4 Å². The van der Waals surface area contributed by atoms with Gasteiger partial charge in [0.2, 0.25) is 0 Å². The molecule has 3 heteroatoms. The van der Waals surface area contributed by atoms with Crippen LogP contribution in [-0.2, 0) is 4.79 Å². The minimum absolute atomic E-state index is 0.0676. The van der Waals surface area contributed by atoms with Crippen molar-refractivity contribution in [3.05, 3.63) is 27.3 Å². The summed E-state index contributed by atoms with van der Waals surface area (Å²) >= 11 is 2.18. The number of benzene rings is 1. The standard InChI is InChI=1S/C9H10INO/c1-6(5-12)7-2-8(10)4-9(11)3-7/h2-6H,11H2,1H3. The Kier molecular flexibility index (Phi) is 3.08. The molecule has 0 amide bonds. The van der Waals surface area contributed by atoms with E-state index in [1.54, 1.807) is 0 Å². The second-order valence-corrected chi connectivity index (χ2v) is 3.99. The number of anilines is 1. The van der Waals surface area contributed by atoms with E-state index in [0.29, 0.717) is 5.69 Å². The highest BCUT2D eigenvalue weighted by Gasteiger charge is 2.04. The Bertz CT molecular complexity index is 278. The smallest absolute Gasteiger partial charge is 0.127 e. The zero-order valence-corrected chi connectivity index (χ0v) is 8.91. The molecule has 1 aromatic carbocycles. The maximum absolute atomic E-state index is 10.5. The lowest BCUT2D eigenvalue weighted by Crippen LogP contribution is -1.97. The fourth-order valence-electron chi connectivity index (χ4n) is 0.977. The molecule has 2 nitrogen and oxygen atoms in total. The quantitative estimate of drug-likeness (QED) is 0.510. The van der Waals surface area contributed by atoms with E-state index < -0.39 is 0 Å². The predicted octanol–water partition coefficient (Wildman–Crippen LogP) is 2.18. The molecule has 0 radical (unpaired) electrons. The van der Waals surface area contributed by atoms with Crippen molar-refractivity contribution in [3.8, 4) is 0 Å². The van der Waals surface area contributed by atoms with E-state index in [4.69, 9.17) is 5.73 Å². The Morgan fingerprint density at radius 3 is 2.67 bits per heavy atom. The van der Waals surface area contributed by atoms with Crippen LogP contribution >= 0.6 is 22.6 Å². The van der Waals surface area contributed by atoms with Gasteiger partial charge in [-0.2, -0.15) is 0 Å². The molecule has 0 fully saturated rings. The number of hydrogen-bond acceptors (Lipinski definition) is 2. The molecule has 12 heavy (non-hydrogen) atoms. The van der Waals surface area contributed by atoms with E-state index in [9.17, 15) is 4.79 Å². The number of nitrogens with two attached hydrogens (primary N) is 1. The summed E-state index contributed by atoms with van der Waals surface area (Å²) in [6.45, 7) is 1.86. The normalized spacial score (nSPS) is 12.5. The average molecular weight is 275 g/mol. The van der Waals surface area contributed by atoms with Gasteiger partial charge in [-0.3, -0.25) is 0 Å². The van der Waals surface area contributed by atoms with Crippen molar-refractivity contribution in [3.63, 3.8) is 0 Å². The van der Waals surface area contributed by atoms with Crippen LogP contribution in [-0.4, -0.2) is 6.29 Å². The summed E-state index contributed by atoms with van der Waals surface area (Å²) in [5, 5.41) is 0. The zero-order valence-electron chi connectivity index (χ0n) is 6.75. The lowest BCUT2D eigenvalue weighted by Gasteiger charge is -2.05. The third-order valence-electron chi connectivity index (χ3n) is 1.67. The van der Waals surface area contributed by atoms with Gasteiger partial charge >= 0.3 is 0 Å². The van der Waals surface area contributed by atoms with Crippen LogP contribution in [0.4, 0.5) is 5.69 Å². The summed E-state index contributed by atoms with van der Waals surface area (Å²) in [5.41, 5.74) is 7.33. The first-order valence-electron chi connectivity index (χ1n) is 3.64. The Morgan fingerprint density at radius 1 is 1.50 bits per heavy atom. The average Bonchev–Trinajstić information content (AvgIpc) is 2.01. The molecular formula is C9H10INO. The van der Waals surface area contributed by atoms with Crippen LogP contribution in [0.2, 0.25) is 0 Å². The minimum Gasteiger partial charge on any atom is -0.399 e. The Labute approximate surface area is 85.3 Å². The van der Waals surface area contributed by atoms with Crippen molar-refractivity contribution in [1.82, 2.24) is 0 Å². The lowest BCUT2D eigenvalue weighted by atomic mass is 10.0. The lowest BCUT2D eigenvalue weighted by molar-refractivity contribution is -0.108. The van der Waals surface area contributed by atoms with Crippen molar-refractivity contribution in [1.29, 1.82) is 0 Å². The summed E-state index contributed by atoms with van der Waals surface area (Å²) < 4.78 is 1.07. The minimum atomic E-state index is -0.0676. The van der Waals surface area contributed by atoms with E-state index in [0.717, 1.165) is 15.4 Å².